The molecular formula is C27H46N2O6. The number of rotatable bonds is 10. The third kappa shape index (κ3) is 13.4. The lowest BCUT2D eigenvalue weighted by Gasteiger charge is -2.19. The molecular weight excluding hydrogens is 448 g/mol. The predicted octanol–water partition coefficient (Wildman–Crippen LogP) is 4.35. The Bertz CT molecular complexity index is 724. The van der Waals surface area contributed by atoms with Crippen LogP contribution in [0.25, 0.3) is 0 Å². The molecule has 0 aromatic heterocycles. The summed E-state index contributed by atoms with van der Waals surface area (Å²) in [5, 5.41) is 5.95. The van der Waals surface area contributed by atoms with Crippen molar-refractivity contribution >= 4 is 12.1 Å². The number of fused-ring (bicyclic) bond motifs is 1. The molecule has 0 radical (unpaired) electrons. The van der Waals surface area contributed by atoms with Gasteiger partial charge in [-0.05, 0) is 83.7 Å². The zero-order valence-corrected chi connectivity index (χ0v) is 22.6. The normalized spacial score (nSPS) is 18.5. The van der Waals surface area contributed by atoms with E-state index in [4.69, 9.17) is 18.9 Å². The molecule has 3 unspecified atom stereocenters. The molecule has 0 bridgehead atoms. The minimum Gasteiger partial charge on any atom is -0.492 e. The first-order valence-corrected chi connectivity index (χ1v) is 12.9. The number of amides is 1. The van der Waals surface area contributed by atoms with Crippen LogP contribution in [0.2, 0.25) is 0 Å². The van der Waals surface area contributed by atoms with Crippen LogP contribution in [-0.4, -0.2) is 63.2 Å². The predicted molar refractivity (Wildman–Crippen MR) is 138 cm³/mol. The number of benzene rings is 1. The second-order valence-electron chi connectivity index (χ2n) is 9.24. The van der Waals surface area contributed by atoms with E-state index in [9.17, 15) is 9.59 Å². The van der Waals surface area contributed by atoms with Crippen molar-refractivity contribution in [2.75, 3.05) is 39.5 Å². The number of ether oxygens (including phenoxy) is 4. The van der Waals surface area contributed by atoms with Crippen molar-refractivity contribution in [3.05, 3.63) is 29.8 Å². The summed E-state index contributed by atoms with van der Waals surface area (Å²) in [6.07, 6.45) is 0.877. The van der Waals surface area contributed by atoms with E-state index < -0.39 is 17.8 Å². The van der Waals surface area contributed by atoms with Crippen LogP contribution in [0.15, 0.2) is 24.3 Å². The van der Waals surface area contributed by atoms with E-state index in [1.54, 1.807) is 6.92 Å². The Labute approximate surface area is 211 Å². The van der Waals surface area contributed by atoms with Gasteiger partial charge in [0, 0.05) is 13.0 Å². The fourth-order valence-corrected chi connectivity index (χ4v) is 3.48. The SMILES string of the molecule is C1NCC2CC12.CC.CCOC(=O)C(Cc1ccc(OCCNC(=O)OC(C)(C)C)cc1)OCC. The quantitative estimate of drug-likeness (QED) is 0.369. The Morgan fingerprint density at radius 2 is 1.69 bits per heavy atom. The van der Waals surface area contributed by atoms with E-state index in [1.165, 1.54) is 19.5 Å². The summed E-state index contributed by atoms with van der Waals surface area (Å²) in [7, 11) is 0. The zero-order chi connectivity index (χ0) is 26.3. The molecule has 1 heterocycles. The average Bonchev–Trinajstić information content (AvgIpc) is 3.42. The largest absolute Gasteiger partial charge is 0.492 e. The average molecular weight is 495 g/mol. The summed E-state index contributed by atoms with van der Waals surface area (Å²) in [6, 6.07) is 7.39. The first-order valence-electron chi connectivity index (χ1n) is 12.9. The molecule has 2 fully saturated rings. The topological polar surface area (TPSA) is 95.1 Å². The van der Waals surface area contributed by atoms with Gasteiger partial charge in [-0.25, -0.2) is 9.59 Å². The Balaban J connectivity index is 0.000000638. The second kappa shape index (κ2) is 16.4. The number of carbonyl (C=O) groups is 2. The van der Waals surface area contributed by atoms with Crippen molar-refractivity contribution in [2.45, 2.75) is 73.0 Å². The number of nitrogens with one attached hydrogen (secondary N) is 2. The van der Waals surface area contributed by atoms with E-state index in [0.717, 1.165) is 17.4 Å². The van der Waals surface area contributed by atoms with Crippen LogP contribution in [-0.2, 0) is 25.4 Å². The highest BCUT2D eigenvalue weighted by Crippen LogP contribution is 2.40. The minimum absolute atomic E-state index is 0.322. The highest BCUT2D eigenvalue weighted by molar-refractivity contribution is 5.75. The number of hydrogen-bond acceptors (Lipinski definition) is 7. The molecule has 2 N–H and O–H groups in total. The van der Waals surface area contributed by atoms with Crippen molar-refractivity contribution in [2.24, 2.45) is 11.8 Å². The van der Waals surface area contributed by atoms with Crippen molar-refractivity contribution in [3.8, 4) is 5.75 Å². The third-order valence-electron chi connectivity index (χ3n) is 5.18. The maximum absolute atomic E-state index is 11.9. The van der Waals surface area contributed by atoms with Gasteiger partial charge in [0.2, 0.25) is 0 Å². The molecule has 1 amide bonds. The van der Waals surface area contributed by atoms with Crippen LogP contribution in [0.3, 0.4) is 0 Å². The fourth-order valence-electron chi connectivity index (χ4n) is 3.48. The lowest BCUT2D eigenvalue weighted by Crippen LogP contribution is -2.34. The maximum atomic E-state index is 11.9. The van der Waals surface area contributed by atoms with E-state index in [2.05, 4.69) is 10.6 Å². The van der Waals surface area contributed by atoms with E-state index >= 15 is 0 Å². The molecule has 1 aromatic rings. The zero-order valence-electron chi connectivity index (χ0n) is 22.6. The van der Waals surface area contributed by atoms with Gasteiger partial charge < -0.3 is 29.6 Å². The standard InChI is InChI=1S/C20H31NO6.C5H9N.C2H6/c1-6-24-17(18(22)25-7-2)14-15-8-10-16(11-9-15)26-13-12-21-19(23)27-20(3,4)5;1-4-2-6-3-5(1)4;1-2/h8-11,17H,6-7,12-14H2,1-5H3,(H,21,23);4-6H,1-3H2;1-2H3. The Hall–Kier alpha value is -2.32. The summed E-state index contributed by atoms with van der Waals surface area (Å²) >= 11 is 0. The summed E-state index contributed by atoms with van der Waals surface area (Å²) < 4.78 is 21.2. The number of esters is 1. The molecule has 1 aliphatic carbocycles. The number of piperidine rings is 1. The highest BCUT2D eigenvalue weighted by Gasteiger charge is 2.40. The summed E-state index contributed by atoms with van der Waals surface area (Å²) in [5.41, 5.74) is 0.421. The van der Waals surface area contributed by atoms with E-state index in [-0.39, 0.29) is 5.97 Å². The molecule has 35 heavy (non-hydrogen) atoms. The molecule has 1 saturated carbocycles. The van der Waals surface area contributed by atoms with Crippen molar-refractivity contribution in [1.29, 1.82) is 0 Å². The Morgan fingerprint density at radius 3 is 2.14 bits per heavy atom. The molecule has 0 spiro atoms. The van der Waals surface area contributed by atoms with Crippen molar-refractivity contribution in [3.63, 3.8) is 0 Å². The van der Waals surface area contributed by atoms with E-state index in [0.29, 0.717) is 38.5 Å². The van der Waals surface area contributed by atoms with Gasteiger partial charge in [0.1, 0.15) is 18.0 Å². The molecule has 200 valence electrons. The second-order valence-corrected chi connectivity index (χ2v) is 9.24. The lowest BCUT2D eigenvalue weighted by molar-refractivity contribution is -0.156. The molecule has 8 heteroatoms. The van der Waals surface area contributed by atoms with Crippen LogP contribution in [0.1, 0.15) is 60.5 Å². The molecule has 1 aromatic carbocycles. The van der Waals surface area contributed by atoms with Gasteiger partial charge in [0.15, 0.2) is 6.10 Å². The van der Waals surface area contributed by atoms with Crippen LogP contribution in [0, 0.1) is 11.8 Å². The van der Waals surface area contributed by atoms with Crippen LogP contribution >= 0.6 is 0 Å². The Morgan fingerprint density at radius 1 is 1.06 bits per heavy atom. The maximum Gasteiger partial charge on any atom is 0.407 e. The molecule has 1 saturated heterocycles. The van der Waals surface area contributed by atoms with Crippen LogP contribution in [0.5, 0.6) is 5.75 Å². The van der Waals surface area contributed by atoms with Gasteiger partial charge >= 0.3 is 12.1 Å². The van der Waals surface area contributed by atoms with Gasteiger partial charge in [-0.2, -0.15) is 0 Å². The molecule has 2 aliphatic rings. The summed E-state index contributed by atoms with van der Waals surface area (Å²) in [6.45, 7) is 17.1. The highest BCUT2D eigenvalue weighted by atomic mass is 16.6. The monoisotopic (exact) mass is 494 g/mol. The van der Waals surface area contributed by atoms with Crippen LogP contribution < -0.4 is 15.4 Å². The minimum atomic E-state index is -0.611. The van der Waals surface area contributed by atoms with E-state index in [1.807, 2.05) is 65.8 Å². The first kappa shape index (κ1) is 30.7. The summed E-state index contributed by atoms with van der Waals surface area (Å²) in [4.78, 5) is 23.4. The molecule has 3 rings (SSSR count). The summed E-state index contributed by atoms with van der Waals surface area (Å²) in [5.74, 6) is 2.52. The molecule has 8 nitrogen and oxygen atoms in total. The first-order chi connectivity index (χ1) is 16.7. The number of hydrogen-bond donors (Lipinski definition) is 2. The Kier molecular flexibility index (Phi) is 14.4. The van der Waals surface area contributed by atoms with Gasteiger partial charge in [-0.15, -0.1) is 0 Å². The van der Waals surface area contributed by atoms with Gasteiger partial charge in [0.25, 0.3) is 0 Å². The lowest BCUT2D eigenvalue weighted by atomic mass is 10.1. The van der Waals surface area contributed by atoms with Crippen LogP contribution in [0.4, 0.5) is 4.79 Å². The number of alkyl carbamates (subject to hydrolysis) is 1. The van der Waals surface area contributed by atoms with Gasteiger partial charge in [-0.1, -0.05) is 26.0 Å². The fraction of sp³-hybridized carbons (Fsp3) is 0.704. The van der Waals surface area contributed by atoms with Gasteiger partial charge in [-0.3, -0.25) is 0 Å². The van der Waals surface area contributed by atoms with Gasteiger partial charge in [0.05, 0.1) is 13.2 Å². The molecule has 3 atom stereocenters. The van der Waals surface area contributed by atoms with Crippen molar-refractivity contribution < 1.29 is 28.5 Å². The number of carbonyl (C=O) groups excluding carboxylic acids is 2. The van der Waals surface area contributed by atoms with Crippen molar-refractivity contribution in [1.82, 2.24) is 10.6 Å². The molecule has 1 aliphatic heterocycles. The smallest absolute Gasteiger partial charge is 0.407 e. The third-order valence-corrected chi connectivity index (χ3v) is 5.18.